The number of fused-ring (bicyclic) bond motifs is 1. The van der Waals surface area contributed by atoms with Crippen LogP contribution < -0.4 is 5.32 Å². The van der Waals surface area contributed by atoms with Crippen molar-refractivity contribution in [1.29, 1.82) is 0 Å². The molecule has 3 aromatic rings. The predicted octanol–water partition coefficient (Wildman–Crippen LogP) is 2.69. The van der Waals surface area contributed by atoms with Gasteiger partial charge in [0.25, 0.3) is 0 Å². The Hall–Kier alpha value is -2.63. The summed E-state index contributed by atoms with van der Waals surface area (Å²) in [5.41, 5.74) is 1.80. The van der Waals surface area contributed by atoms with Crippen molar-refractivity contribution in [3.63, 3.8) is 0 Å². The molecule has 132 valence electrons. The maximum absolute atomic E-state index is 12.4. The largest absolute Gasteiger partial charge is 0.351 e. The van der Waals surface area contributed by atoms with Crippen molar-refractivity contribution >= 4 is 11.6 Å². The maximum atomic E-state index is 12.4. The lowest BCUT2D eigenvalue weighted by Gasteiger charge is -2.31. The summed E-state index contributed by atoms with van der Waals surface area (Å²) in [6.45, 7) is 7.12. The molecular weight excluding hydrogens is 314 g/mol. The molecular formula is C19H25N5O. The molecule has 3 heterocycles. The summed E-state index contributed by atoms with van der Waals surface area (Å²) in [4.78, 5) is 21.1. The molecule has 0 radical (unpaired) electrons. The Bertz CT molecular complexity index is 796. The number of imidazole rings is 2. The monoisotopic (exact) mass is 339 g/mol. The second-order valence-electron chi connectivity index (χ2n) is 7.44. The van der Waals surface area contributed by atoms with Gasteiger partial charge < -0.3 is 14.3 Å². The van der Waals surface area contributed by atoms with Crippen LogP contribution in [-0.2, 0) is 17.8 Å². The fourth-order valence-corrected chi connectivity index (χ4v) is 2.76. The molecule has 1 unspecified atom stereocenters. The Morgan fingerprint density at radius 3 is 2.80 bits per heavy atom. The van der Waals surface area contributed by atoms with E-state index < -0.39 is 0 Å². The van der Waals surface area contributed by atoms with Crippen LogP contribution in [0.5, 0.6) is 0 Å². The molecule has 1 N–H and O–H groups in total. The number of rotatable bonds is 6. The van der Waals surface area contributed by atoms with Crippen molar-refractivity contribution in [2.24, 2.45) is 5.41 Å². The first-order valence-electron chi connectivity index (χ1n) is 8.59. The second-order valence-corrected chi connectivity index (χ2v) is 7.44. The first kappa shape index (κ1) is 17.2. The van der Waals surface area contributed by atoms with Crippen molar-refractivity contribution in [3.05, 3.63) is 55.0 Å². The van der Waals surface area contributed by atoms with E-state index in [1.54, 1.807) is 12.5 Å². The Kier molecular flexibility index (Phi) is 4.88. The third-order valence-electron chi connectivity index (χ3n) is 4.36. The summed E-state index contributed by atoms with van der Waals surface area (Å²) < 4.78 is 3.97. The topological polar surface area (TPSA) is 64.2 Å². The Morgan fingerprint density at radius 2 is 2.12 bits per heavy atom. The Labute approximate surface area is 147 Å². The molecule has 0 spiro atoms. The molecule has 0 aliphatic heterocycles. The lowest BCUT2D eigenvalue weighted by atomic mass is 9.86. The first-order valence-corrected chi connectivity index (χ1v) is 8.59. The summed E-state index contributed by atoms with van der Waals surface area (Å²) in [6.07, 6.45) is 10.5. The van der Waals surface area contributed by atoms with Crippen molar-refractivity contribution < 1.29 is 4.79 Å². The van der Waals surface area contributed by atoms with Crippen molar-refractivity contribution in [2.75, 3.05) is 0 Å². The SMILES string of the molecule is CC(C)(C)C(Cn1ccnc1)NC(=O)CCc1cn2ccccc2n1. The average molecular weight is 339 g/mol. The van der Waals surface area contributed by atoms with Gasteiger partial charge >= 0.3 is 0 Å². The van der Waals surface area contributed by atoms with Crippen LogP contribution in [0.3, 0.4) is 0 Å². The normalized spacial score (nSPS) is 13.1. The highest BCUT2D eigenvalue weighted by Gasteiger charge is 2.26. The number of amides is 1. The number of pyridine rings is 1. The van der Waals surface area contributed by atoms with Crippen LogP contribution in [0.1, 0.15) is 32.9 Å². The van der Waals surface area contributed by atoms with E-state index in [1.807, 2.05) is 45.8 Å². The van der Waals surface area contributed by atoms with E-state index in [0.717, 1.165) is 11.3 Å². The third-order valence-corrected chi connectivity index (χ3v) is 4.36. The van der Waals surface area contributed by atoms with Gasteiger partial charge in [-0.3, -0.25) is 4.79 Å². The molecule has 0 bridgehead atoms. The molecule has 0 aliphatic carbocycles. The van der Waals surface area contributed by atoms with Gasteiger partial charge in [-0.15, -0.1) is 0 Å². The first-order chi connectivity index (χ1) is 11.9. The van der Waals surface area contributed by atoms with Gasteiger partial charge in [0, 0.05) is 37.8 Å². The molecule has 0 saturated heterocycles. The number of carbonyl (C=O) groups excluding carboxylic acids is 1. The van der Waals surface area contributed by atoms with Crippen LogP contribution in [0.15, 0.2) is 49.3 Å². The van der Waals surface area contributed by atoms with Crippen LogP contribution in [0.25, 0.3) is 5.65 Å². The minimum Gasteiger partial charge on any atom is -0.351 e. The minimum absolute atomic E-state index is 0.0373. The van der Waals surface area contributed by atoms with Gasteiger partial charge in [0.2, 0.25) is 5.91 Å². The number of aromatic nitrogens is 4. The van der Waals surface area contributed by atoms with Gasteiger partial charge in [-0.25, -0.2) is 9.97 Å². The van der Waals surface area contributed by atoms with Gasteiger partial charge in [0.15, 0.2) is 0 Å². The summed E-state index contributed by atoms with van der Waals surface area (Å²) in [5.74, 6) is 0.0529. The van der Waals surface area contributed by atoms with E-state index >= 15 is 0 Å². The number of nitrogens with one attached hydrogen (secondary N) is 1. The van der Waals surface area contributed by atoms with Gasteiger partial charge in [-0.1, -0.05) is 26.8 Å². The zero-order valence-corrected chi connectivity index (χ0v) is 15.0. The van der Waals surface area contributed by atoms with Crippen LogP contribution in [0.4, 0.5) is 0 Å². The highest BCUT2D eigenvalue weighted by molar-refractivity contribution is 5.76. The molecule has 1 atom stereocenters. The second kappa shape index (κ2) is 7.09. The third kappa shape index (κ3) is 4.47. The van der Waals surface area contributed by atoms with Gasteiger partial charge in [0.1, 0.15) is 5.65 Å². The molecule has 0 saturated carbocycles. The van der Waals surface area contributed by atoms with E-state index in [4.69, 9.17) is 0 Å². The van der Waals surface area contributed by atoms with E-state index in [2.05, 4.69) is 36.1 Å². The molecule has 0 aromatic carbocycles. The van der Waals surface area contributed by atoms with Gasteiger partial charge in [-0.05, 0) is 24.0 Å². The molecule has 3 rings (SSSR count). The standard InChI is InChI=1S/C19H25N5O/c1-19(2,3)16(13-23-11-9-20-14-23)22-18(25)8-7-15-12-24-10-5-4-6-17(24)21-15/h4-6,9-12,14,16H,7-8,13H2,1-3H3,(H,22,25). The summed E-state index contributed by atoms with van der Waals surface area (Å²) in [6, 6.07) is 5.93. The average Bonchev–Trinajstić information content (AvgIpc) is 3.20. The summed E-state index contributed by atoms with van der Waals surface area (Å²) in [5, 5.41) is 3.18. The van der Waals surface area contributed by atoms with Gasteiger partial charge in [-0.2, -0.15) is 0 Å². The van der Waals surface area contributed by atoms with Crippen molar-refractivity contribution in [2.45, 2.75) is 46.2 Å². The lowest BCUT2D eigenvalue weighted by molar-refractivity contribution is -0.122. The van der Waals surface area contributed by atoms with E-state index in [0.29, 0.717) is 19.4 Å². The summed E-state index contributed by atoms with van der Waals surface area (Å²) in [7, 11) is 0. The fraction of sp³-hybridized carbons (Fsp3) is 0.421. The number of carbonyl (C=O) groups is 1. The number of hydrogen-bond acceptors (Lipinski definition) is 3. The Morgan fingerprint density at radius 1 is 1.28 bits per heavy atom. The molecule has 1 amide bonds. The van der Waals surface area contributed by atoms with E-state index in [1.165, 1.54) is 0 Å². The number of hydrogen-bond donors (Lipinski definition) is 1. The molecule has 0 fully saturated rings. The maximum Gasteiger partial charge on any atom is 0.220 e. The molecule has 6 nitrogen and oxygen atoms in total. The number of aryl methyl sites for hydroxylation is 1. The van der Waals surface area contributed by atoms with E-state index in [9.17, 15) is 4.79 Å². The van der Waals surface area contributed by atoms with E-state index in [-0.39, 0.29) is 17.4 Å². The van der Waals surface area contributed by atoms with Crippen LogP contribution >= 0.6 is 0 Å². The minimum atomic E-state index is -0.0387. The van der Waals surface area contributed by atoms with Crippen molar-refractivity contribution in [3.8, 4) is 0 Å². The predicted molar refractivity (Wildman–Crippen MR) is 97.1 cm³/mol. The molecule has 25 heavy (non-hydrogen) atoms. The number of nitrogens with zero attached hydrogens (tertiary/aromatic N) is 4. The smallest absolute Gasteiger partial charge is 0.220 e. The summed E-state index contributed by atoms with van der Waals surface area (Å²) >= 11 is 0. The molecule has 6 heteroatoms. The molecule has 3 aromatic heterocycles. The quantitative estimate of drug-likeness (QED) is 0.751. The van der Waals surface area contributed by atoms with Gasteiger partial charge in [0.05, 0.1) is 18.1 Å². The van der Waals surface area contributed by atoms with Crippen LogP contribution in [0, 0.1) is 5.41 Å². The zero-order chi connectivity index (χ0) is 17.9. The fourth-order valence-electron chi connectivity index (χ4n) is 2.76. The highest BCUT2D eigenvalue weighted by Crippen LogP contribution is 2.21. The van der Waals surface area contributed by atoms with Crippen LogP contribution in [-0.4, -0.2) is 30.9 Å². The lowest BCUT2D eigenvalue weighted by Crippen LogP contribution is -2.46. The molecule has 0 aliphatic rings. The highest BCUT2D eigenvalue weighted by atomic mass is 16.1. The van der Waals surface area contributed by atoms with Crippen LogP contribution in [0.2, 0.25) is 0 Å². The van der Waals surface area contributed by atoms with Crippen molar-refractivity contribution in [1.82, 2.24) is 24.3 Å². The Balaban J connectivity index is 1.59. The zero-order valence-electron chi connectivity index (χ0n) is 15.0.